The molecule has 0 bridgehead atoms. The summed E-state index contributed by atoms with van der Waals surface area (Å²) in [5.74, 6) is -2.00. The number of aryl methyl sites for hydroxylation is 1. The summed E-state index contributed by atoms with van der Waals surface area (Å²) in [5.41, 5.74) is 1.31. The first-order valence-electron chi connectivity index (χ1n) is 7.73. The van der Waals surface area contributed by atoms with Crippen molar-refractivity contribution >= 4 is 39.3 Å². The fourth-order valence-electron chi connectivity index (χ4n) is 2.87. The second kappa shape index (κ2) is 5.99. The number of rotatable bonds is 2. The molecule has 6 nitrogen and oxygen atoms in total. The lowest BCUT2D eigenvalue weighted by atomic mass is 10.1. The van der Waals surface area contributed by atoms with Crippen molar-refractivity contribution in [2.45, 2.75) is 0 Å². The van der Waals surface area contributed by atoms with Crippen LogP contribution in [-0.4, -0.2) is 33.7 Å². The minimum absolute atomic E-state index is 0.285. The van der Waals surface area contributed by atoms with Gasteiger partial charge in [0.15, 0.2) is 4.80 Å². The highest BCUT2D eigenvalue weighted by molar-refractivity contribution is 7.16. The number of hydrogen-bond acceptors (Lipinski definition) is 4. The molecule has 0 atom stereocenters. The SMILES string of the molecule is Cn1c(=NC(=O)CN2C(=O)c3ccccc3C2=O)sc2cc(F)ccc21. The summed E-state index contributed by atoms with van der Waals surface area (Å²) in [4.78, 5) is 42.2. The smallest absolute Gasteiger partial charge is 0.268 e. The van der Waals surface area contributed by atoms with Gasteiger partial charge < -0.3 is 4.57 Å². The van der Waals surface area contributed by atoms with Crippen LogP contribution in [0.2, 0.25) is 0 Å². The number of benzene rings is 2. The Morgan fingerprint density at radius 2 is 1.77 bits per heavy atom. The van der Waals surface area contributed by atoms with Crippen molar-refractivity contribution in [3.05, 3.63) is 64.2 Å². The topological polar surface area (TPSA) is 71.7 Å². The Morgan fingerprint density at radius 3 is 2.42 bits per heavy atom. The summed E-state index contributed by atoms with van der Waals surface area (Å²) in [7, 11) is 1.71. The van der Waals surface area contributed by atoms with Crippen LogP contribution in [0.5, 0.6) is 0 Å². The summed E-state index contributed by atoms with van der Waals surface area (Å²) in [6, 6.07) is 10.7. The van der Waals surface area contributed by atoms with Crippen LogP contribution < -0.4 is 4.80 Å². The van der Waals surface area contributed by atoms with Gasteiger partial charge in [-0.3, -0.25) is 19.3 Å². The lowest BCUT2D eigenvalue weighted by Gasteiger charge is -2.10. The standard InChI is InChI=1S/C18H12FN3O3S/c1-21-13-7-6-10(19)8-14(13)26-18(21)20-15(23)9-22-16(24)11-4-2-3-5-12(11)17(22)25/h2-8H,9H2,1H3. The van der Waals surface area contributed by atoms with E-state index in [0.29, 0.717) is 9.50 Å². The number of amides is 3. The minimum atomic E-state index is -0.623. The molecule has 0 fully saturated rings. The van der Waals surface area contributed by atoms with Crippen LogP contribution in [0.15, 0.2) is 47.5 Å². The third-order valence-corrected chi connectivity index (χ3v) is 5.26. The molecule has 2 heterocycles. The average molecular weight is 369 g/mol. The lowest BCUT2D eigenvalue weighted by molar-refractivity contribution is -0.118. The van der Waals surface area contributed by atoms with E-state index in [1.165, 1.54) is 12.1 Å². The van der Waals surface area contributed by atoms with Crippen molar-refractivity contribution in [1.82, 2.24) is 9.47 Å². The molecule has 1 aromatic heterocycles. The Balaban J connectivity index is 1.64. The lowest BCUT2D eigenvalue weighted by Crippen LogP contribution is -2.35. The second-order valence-electron chi connectivity index (χ2n) is 5.80. The Kier molecular flexibility index (Phi) is 3.77. The van der Waals surface area contributed by atoms with Gasteiger partial charge in [-0.1, -0.05) is 23.5 Å². The number of fused-ring (bicyclic) bond motifs is 2. The van der Waals surface area contributed by atoms with Gasteiger partial charge in [0.1, 0.15) is 12.4 Å². The molecule has 0 unspecified atom stereocenters. The molecular weight excluding hydrogens is 357 g/mol. The molecule has 130 valence electrons. The van der Waals surface area contributed by atoms with Gasteiger partial charge in [-0.2, -0.15) is 4.99 Å². The maximum Gasteiger partial charge on any atom is 0.268 e. The maximum atomic E-state index is 13.3. The molecule has 0 saturated heterocycles. The van der Waals surface area contributed by atoms with Crippen LogP contribution in [0.4, 0.5) is 4.39 Å². The van der Waals surface area contributed by atoms with Crippen LogP contribution in [0.3, 0.4) is 0 Å². The number of carbonyl (C=O) groups is 3. The van der Waals surface area contributed by atoms with Crippen molar-refractivity contribution in [3.8, 4) is 0 Å². The van der Waals surface area contributed by atoms with E-state index in [2.05, 4.69) is 4.99 Å². The van der Waals surface area contributed by atoms with Gasteiger partial charge in [-0.05, 0) is 30.3 Å². The van der Waals surface area contributed by atoms with Gasteiger partial charge in [0.2, 0.25) is 0 Å². The Hall–Kier alpha value is -3.13. The highest BCUT2D eigenvalue weighted by atomic mass is 32.1. The molecule has 0 aliphatic carbocycles. The van der Waals surface area contributed by atoms with Gasteiger partial charge in [-0.25, -0.2) is 4.39 Å². The van der Waals surface area contributed by atoms with Gasteiger partial charge >= 0.3 is 0 Å². The third-order valence-electron chi connectivity index (χ3n) is 4.16. The first kappa shape index (κ1) is 16.3. The van der Waals surface area contributed by atoms with E-state index >= 15 is 0 Å². The molecular formula is C18H12FN3O3S. The summed E-state index contributed by atoms with van der Waals surface area (Å²) >= 11 is 1.16. The number of nitrogens with zero attached hydrogens (tertiary/aromatic N) is 3. The van der Waals surface area contributed by atoms with Gasteiger partial charge in [0, 0.05) is 7.05 Å². The summed E-state index contributed by atoms with van der Waals surface area (Å²) < 4.78 is 15.7. The van der Waals surface area contributed by atoms with Gasteiger partial charge in [0.25, 0.3) is 17.7 Å². The summed E-state index contributed by atoms with van der Waals surface area (Å²) in [5, 5.41) is 0. The number of aromatic nitrogens is 1. The van der Waals surface area contributed by atoms with E-state index in [4.69, 9.17) is 0 Å². The number of hydrogen-bond donors (Lipinski definition) is 0. The third kappa shape index (κ3) is 2.55. The summed E-state index contributed by atoms with van der Waals surface area (Å²) in [6.07, 6.45) is 0. The number of imide groups is 1. The molecule has 0 spiro atoms. The molecule has 8 heteroatoms. The van der Waals surface area contributed by atoms with Crippen LogP contribution in [-0.2, 0) is 11.8 Å². The van der Waals surface area contributed by atoms with E-state index < -0.39 is 24.3 Å². The maximum absolute atomic E-state index is 13.3. The second-order valence-corrected chi connectivity index (χ2v) is 6.81. The highest BCUT2D eigenvalue weighted by Gasteiger charge is 2.36. The van der Waals surface area contributed by atoms with Gasteiger partial charge in [0.05, 0.1) is 21.3 Å². The van der Waals surface area contributed by atoms with Crippen LogP contribution in [0.1, 0.15) is 20.7 Å². The van der Waals surface area contributed by atoms with E-state index in [1.807, 2.05) is 0 Å². The first-order chi connectivity index (χ1) is 12.5. The van der Waals surface area contributed by atoms with Crippen molar-refractivity contribution in [2.24, 2.45) is 12.0 Å². The van der Waals surface area contributed by atoms with E-state index in [-0.39, 0.29) is 16.9 Å². The Labute approximate surface area is 150 Å². The quantitative estimate of drug-likeness (QED) is 0.650. The van der Waals surface area contributed by atoms with E-state index in [0.717, 1.165) is 21.8 Å². The average Bonchev–Trinajstić information content (AvgIpc) is 3.04. The summed E-state index contributed by atoms with van der Waals surface area (Å²) in [6.45, 7) is -0.436. The fraction of sp³-hybridized carbons (Fsp3) is 0.111. The number of carbonyl (C=O) groups excluding carboxylic acids is 3. The van der Waals surface area contributed by atoms with Crippen LogP contribution in [0, 0.1) is 5.82 Å². The van der Waals surface area contributed by atoms with Gasteiger partial charge in [-0.15, -0.1) is 0 Å². The monoisotopic (exact) mass is 369 g/mol. The normalized spacial score (nSPS) is 14.4. The number of halogens is 1. The highest BCUT2D eigenvalue weighted by Crippen LogP contribution is 2.22. The molecule has 3 aromatic rings. The first-order valence-corrected chi connectivity index (χ1v) is 8.55. The zero-order valence-corrected chi connectivity index (χ0v) is 14.4. The van der Waals surface area contributed by atoms with Crippen LogP contribution >= 0.6 is 11.3 Å². The predicted octanol–water partition coefficient (Wildman–Crippen LogP) is 2.10. The van der Waals surface area contributed by atoms with E-state index in [1.54, 1.807) is 41.9 Å². The molecule has 0 radical (unpaired) electrons. The molecule has 0 N–H and O–H groups in total. The van der Waals surface area contributed by atoms with Crippen molar-refractivity contribution in [2.75, 3.05) is 6.54 Å². The zero-order chi connectivity index (χ0) is 18.4. The molecule has 3 amide bonds. The van der Waals surface area contributed by atoms with E-state index in [9.17, 15) is 18.8 Å². The number of thiazole rings is 1. The molecule has 0 saturated carbocycles. The molecule has 4 rings (SSSR count). The van der Waals surface area contributed by atoms with Crippen LogP contribution in [0.25, 0.3) is 10.2 Å². The minimum Gasteiger partial charge on any atom is -0.319 e. The fourth-order valence-corrected chi connectivity index (χ4v) is 3.94. The molecule has 1 aliphatic heterocycles. The molecule has 1 aliphatic rings. The van der Waals surface area contributed by atoms with Crippen molar-refractivity contribution < 1.29 is 18.8 Å². The Bertz CT molecular complexity index is 1130. The molecule has 2 aromatic carbocycles. The van der Waals surface area contributed by atoms with Crippen molar-refractivity contribution in [3.63, 3.8) is 0 Å². The molecule has 26 heavy (non-hydrogen) atoms. The zero-order valence-electron chi connectivity index (χ0n) is 13.6. The largest absolute Gasteiger partial charge is 0.319 e. The predicted molar refractivity (Wildman–Crippen MR) is 93.1 cm³/mol. The van der Waals surface area contributed by atoms with Crippen molar-refractivity contribution in [1.29, 1.82) is 0 Å². The Morgan fingerprint density at radius 1 is 1.12 bits per heavy atom.